The van der Waals surface area contributed by atoms with E-state index in [0.717, 1.165) is 22.0 Å². The summed E-state index contributed by atoms with van der Waals surface area (Å²) in [7, 11) is 0. The molecule has 0 saturated heterocycles. The highest BCUT2D eigenvalue weighted by Gasteiger charge is 2.07. The first-order chi connectivity index (χ1) is 8.84. The molecular weight excluding hydrogens is 246 g/mol. The fourth-order valence-electron chi connectivity index (χ4n) is 1.81. The molecule has 0 aliphatic carbocycles. The summed E-state index contributed by atoms with van der Waals surface area (Å²) < 4.78 is 1.81. The van der Waals surface area contributed by atoms with Crippen molar-refractivity contribution in [3.05, 3.63) is 65.8 Å². The van der Waals surface area contributed by atoms with E-state index in [4.69, 9.17) is 11.6 Å². The van der Waals surface area contributed by atoms with Crippen LogP contribution in [-0.4, -0.2) is 15.0 Å². The number of para-hydroxylation sites is 1. The Bertz CT molecular complexity index is 644. The summed E-state index contributed by atoms with van der Waals surface area (Å²) in [5.41, 5.74) is 2.96. The minimum Gasteiger partial charge on any atom is -0.213 e. The van der Waals surface area contributed by atoms with Gasteiger partial charge in [0.05, 0.1) is 17.6 Å². The van der Waals surface area contributed by atoms with Crippen LogP contribution in [0, 0.1) is 0 Å². The van der Waals surface area contributed by atoms with E-state index in [0.29, 0.717) is 0 Å². The maximum absolute atomic E-state index is 5.89. The summed E-state index contributed by atoms with van der Waals surface area (Å²) in [5, 5.41) is 8.82. The molecule has 1 heterocycles. The quantitative estimate of drug-likeness (QED) is 0.701. The highest BCUT2D eigenvalue weighted by atomic mass is 35.5. The normalized spacial score (nSPS) is 10.5. The van der Waals surface area contributed by atoms with E-state index < -0.39 is 0 Å². The van der Waals surface area contributed by atoms with Gasteiger partial charge in [-0.2, -0.15) is 0 Å². The van der Waals surface area contributed by atoms with Crippen molar-refractivity contribution < 1.29 is 0 Å². The van der Waals surface area contributed by atoms with E-state index in [-0.39, 0.29) is 0 Å². The smallest absolute Gasteiger partial charge is 0.0944 e. The Morgan fingerprint density at radius 2 is 1.61 bits per heavy atom. The number of aromatic nitrogens is 3. The van der Waals surface area contributed by atoms with Gasteiger partial charge in [0.25, 0.3) is 0 Å². The third kappa shape index (κ3) is 2.00. The van der Waals surface area contributed by atoms with Gasteiger partial charge >= 0.3 is 0 Å². The average molecular weight is 256 g/mol. The molecule has 88 valence electrons. The molecule has 0 aliphatic rings. The molecule has 0 spiro atoms. The molecule has 0 bridgehead atoms. The van der Waals surface area contributed by atoms with Crippen LogP contribution in [0.2, 0.25) is 5.02 Å². The summed E-state index contributed by atoms with van der Waals surface area (Å²) in [6.45, 7) is 0. The van der Waals surface area contributed by atoms with Crippen LogP contribution in [0.3, 0.4) is 0 Å². The Morgan fingerprint density at radius 3 is 2.33 bits per heavy atom. The molecule has 1 aromatic heterocycles. The minimum atomic E-state index is 0.720. The van der Waals surface area contributed by atoms with Gasteiger partial charge in [0.2, 0.25) is 0 Å². The molecule has 0 saturated carbocycles. The monoisotopic (exact) mass is 255 g/mol. The summed E-state index contributed by atoms with van der Waals surface area (Å²) in [4.78, 5) is 0. The molecule has 18 heavy (non-hydrogen) atoms. The van der Waals surface area contributed by atoms with Crippen LogP contribution in [-0.2, 0) is 0 Å². The van der Waals surface area contributed by atoms with Crippen LogP contribution in [0.25, 0.3) is 16.9 Å². The molecule has 0 amide bonds. The lowest BCUT2D eigenvalue weighted by Crippen LogP contribution is -1.98. The van der Waals surface area contributed by atoms with E-state index in [1.807, 2.05) is 59.3 Å². The van der Waals surface area contributed by atoms with E-state index >= 15 is 0 Å². The van der Waals surface area contributed by atoms with Crippen molar-refractivity contribution >= 4 is 11.6 Å². The first-order valence-electron chi connectivity index (χ1n) is 5.57. The lowest BCUT2D eigenvalue weighted by Gasteiger charge is -2.05. The van der Waals surface area contributed by atoms with Crippen LogP contribution in [0.5, 0.6) is 0 Å². The fourth-order valence-corrected chi connectivity index (χ4v) is 1.94. The van der Waals surface area contributed by atoms with Crippen LogP contribution in [0.1, 0.15) is 0 Å². The van der Waals surface area contributed by atoms with Crippen molar-refractivity contribution in [1.82, 2.24) is 15.0 Å². The topological polar surface area (TPSA) is 30.7 Å². The number of hydrogen-bond donors (Lipinski definition) is 0. The maximum atomic E-state index is 5.89. The molecule has 3 rings (SSSR count). The average Bonchev–Trinajstić information content (AvgIpc) is 2.90. The van der Waals surface area contributed by atoms with Crippen LogP contribution in [0.15, 0.2) is 60.8 Å². The minimum absolute atomic E-state index is 0.720. The lowest BCUT2D eigenvalue weighted by atomic mass is 10.1. The summed E-state index contributed by atoms with van der Waals surface area (Å²) in [6.07, 6.45) is 1.75. The SMILES string of the molecule is Clc1ccc(-c2cnnn2-c2ccccc2)cc1. The molecule has 0 radical (unpaired) electrons. The molecule has 3 aromatic rings. The molecular formula is C14H10ClN3. The van der Waals surface area contributed by atoms with Gasteiger partial charge in [-0.15, -0.1) is 5.10 Å². The first-order valence-corrected chi connectivity index (χ1v) is 5.94. The second-order valence-electron chi connectivity index (χ2n) is 3.87. The molecule has 0 N–H and O–H groups in total. The second kappa shape index (κ2) is 4.63. The Kier molecular flexibility index (Phi) is 2.82. The third-order valence-electron chi connectivity index (χ3n) is 2.69. The van der Waals surface area contributed by atoms with Crippen molar-refractivity contribution in [2.75, 3.05) is 0 Å². The second-order valence-corrected chi connectivity index (χ2v) is 4.31. The Morgan fingerprint density at radius 1 is 0.889 bits per heavy atom. The molecule has 0 aliphatic heterocycles. The van der Waals surface area contributed by atoms with Gasteiger partial charge in [0.1, 0.15) is 0 Å². The molecule has 3 nitrogen and oxygen atoms in total. The highest BCUT2D eigenvalue weighted by molar-refractivity contribution is 6.30. The van der Waals surface area contributed by atoms with Crippen molar-refractivity contribution in [3.63, 3.8) is 0 Å². The van der Waals surface area contributed by atoms with Crippen molar-refractivity contribution in [2.24, 2.45) is 0 Å². The zero-order chi connectivity index (χ0) is 12.4. The molecule has 2 aromatic carbocycles. The van der Waals surface area contributed by atoms with Crippen molar-refractivity contribution in [1.29, 1.82) is 0 Å². The van der Waals surface area contributed by atoms with Gasteiger partial charge < -0.3 is 0 Å². The molecule has 0 fully saturated rings. The zero-order valence-corrected chi connectivity index (χ0v) is 10.2. The highest BCUT2D eigenvalue weighted by Crippen LogP contribution is 2.22. The predicted octanol–water partition coefficient (Wildman–Crippen LogP) is 3.59. The molecule has 0 atom stereocenters. The van der Waals surface area contributed by atoms with E-state index in [2.05, 4.69) is 10.3 Å². The molecule has 0 unspecified atom stereocenters. The van der Waals surface area contributed by atoms with Gasteiger partial charge in [-0.3, -0.25) is 0 Å². The maximum Gasteiger partial charge on any atom is 0.0944 e. The lowest BCUT2D eigenvalue weighted by molar-refractivity contribution is 0.808. The summed E-state index contributed by atoms with van der Waals surface area (Å²) in [5.74, 6) is 0. The Labute approximate surface area is 110 Å². The van der Waals surface area contributed by atoms with Gasteiger partial charge in [-0.05, 0) is 24.3 Å². The third-order valence-corrected chi connectivity index (χ3v) is 2.94. The van der Waals surface area contributed by atoms with Gasteiger partial charge in [-0.25, -0.2) is 4.68 Å². The van der Waals surface area contributed by atoms with Crippen LogP contribution in [0.4, 0.5) is 0 Å². The van der Waals surface area contributed by atoms with Crippen molar-refractivity contribution in [2.45, 2.75) is 0 Å². The summed E-state index contributed by atoms with van der Waals surface area (Å²) >= 11 is 5.89. The standard InChI is InChI=1S/C14H10ClN3/c15-12-8-6-11(7-9-12)14-10-16-17-18(14)13-4-2-1-3-5-13/h1-10H. The van der Waals surface area contributed by atoms with Gasteiger partial charge in [0, 0.05) is 10.6 Å². The Hall–Kier alpha value is -2.13. The zero-order valence-electron chi connectivity index (χ0n) is 9.49. The first kappa shape index (κ1) is 11.0. The van der Waals surface area contributed by atoms with Gasteiger partial charge in [0.15, 0.2) is 0 Å². The van der Waals surface area contributed by atoms with E-state index in [1.165, 1.54) is 0 Å². The Balaban J connectivity index is 2.10. The number of nitrogens with zero attached hydrogens (tertiary/aromatic N) is 3. The van der Waals surface area contributed by atoms with Gasteiger partial charge in [-0.1, -0.05) is 47.1 Å². The summed E-state index contributed by atoms with van der Waals surface area (Å²) in [6, 6.07) is 17.6. The number of benzene rings is 2. The van der Waals surface area contributed by atoms with Crippen molar-refractivity contribution in [3.8, 4) is 16.9 Å². The predicted molar refractivity (Wildman–Crippen MR) is 71.8 cm³/mol. The number of halogens is 1. The van der Waals surface area contributed by atoms with E-state index in [1.54, 1.807) is 6.20 Å². The molecule has 4 heteroatoms. The van der Waals surface area contributed by atoms with Crippen LogP contribution >= 0.6 is 11.6 Å². The van der Waals surface area contributed by atoms with Crippen LogP contribution < -0.4 is 0 Å². The number of hydrogen-bond acceptors (Lipinski definition) is 2. The number of rotatable bonds is 2. The largest absolute Gasteiger partial charge is 0.213 e. The van der Waals surface area contributed by atoms with E-state index in [9.17, 15) is 0 Å². The fraction of sp³-hybridized carbons (Fsp3) is 0.